The third-order valence-electron chi connectivity index (χ3n) is 6.52. The number of nitrogens with one attached hydrogen (secondary N) is 1. The van der Waals surface area contributed by atoms with Crippen LogP contribution in [-0.4, -0.2) is 104 Å². The Labute approximate surface area is 222 Å². The number of carbonyl (C=O) groups excluding carboxylic acids is 3. The Hall–Kier alpha value is -2.99. The van der Waals surface area contributed by atoms with Crippen LogP contribution in [0, 0.1) is 0 Å². The number of aliphatic hydroxyl groups excluding tert-OH is 2. The van der Waals surface area contributed by atoms with Gasteiger partial charge in [0.15, 0.2) is 11.5 Å². The maximum Gasteiger partial charge on any atom is 0.249 e. The van der Waals surface area contributed by atoms with Crippen LogP contribution in [0.15, 0.2) is 23.8 Å². The van der Waals surface area contributed by atoms with E-state index in [0.29, 0.717) is 48.5 Å². The van der Waals surface area contributed by atoms with Crippen LogP contribution in [0.2, 0.25) is 0 Å². The number of benzene rings is 1. The van der Waals surface area contributed by atoms with Crippen molar-refractivity contribution in [2.75, 3.05) is 46.6 Å². The predicted molar refractivity (Wildman–Crippen MR) is 137 cm³/mol. The van der Waals surface area contributed by atoms with Gasteiger partial charge in [-0.05, 0) is 45.4 Å². The number of rotatable bonds is 14. The molecular weight excluding hydrogens is 496 g/mol. The summed E-state index contributed by atoms with van der Waals surface area (Å²) in [7, 11) is 1.44. The molecule has 2 amide bonds. The molecular formula is C27H38N2O9. The smallest absolute Gasteiger partial charge is 0.249 e. The van der Waals surface area contributed by atoms with Crippen molar-refractivity contribution in [1.82, 2.24) is 10.2 Å². The lowest BCUT2D eigenvalue weighted by Gasteiger charge is -2.40. The summed E-state index contributed by atoms with van der Waals surface area (Å²) < 4.78 is 22.6. The van der Waals surface area contributed by atoms with Gasteiger partial charge in [0.2, 0.25) is 11.8 Å². The van der Waals surface area contributed by atoms with Gasteiger partial charge in [-0.1, -0.05) is 0 Å². The van der Waals surface area contributed by atoms with Crippen molar-refractivity contribution in [3.05, 3.63) is 34.9 Å². The summed E-state index contributed by atoms with van der Waals surface area (Å²) in [4.78, 5) is 39.6. The van der Waals surface area contributed by atoms with Gasteiger partial charge in [-0.3, -0.25) is 14.4 Å². The standard InChI is InChI=1S/C27H38N2O9/c1-5-36-15-22(32)29(8-6-10-37-16(2)3)20-13-19(27(34)28-7-9-30)23-18-11-17(14-31)12-21(35-4)25(18)38-26(23)24(20)33/h11-14,16,20,23-24,26,30,33H,5-10,15H2,1-4H3,(H,28,34)/t20-,23+,24+,26+/m1/s1. The highest BCUT2D eigenvalue weighted by Crippen LogP contribution is 2.51. The third-order valence-corrected chi connectivity index (χ3v) is 6.52. The number of fused-ring (bicyclic) bond motifs is 3. The van der Waals surface area contributed by atoms with Crippen LogP contribution < -0.4 is 14.8 Å². The number of carbonyl (C=O) groups is 3. The molecule has 1 aliphatic carbocycles. The summed E-state index contributed by atoms with van der Waals surface area (Å²) in [5.41, 5.74) is 1.11. The highest BCUT2D eigenvalue weighted by molar-refractivity contribution is 5.96. The fraction of sp³-hybridized carbons (Fsp3) is 0.593. The van der Waals surface area contributed by atoms with Crippen LogP contribution in [0.3, 0.4) is 0 Å². The van der Waals surface area contributed by atoms with Gasteiger partial charge in [0, 0.05) is 43.0 Å². The van der Waals surface area contributed by atoms with Crippen molar-refractivity contribution in [2.45, 2.75) is 57.5 Å². The van der Waals surface area contributed by atoms with E-state index >= 15 is 0 Å². The van der Waals surface area contributed by atoms with E-state index in [4.69, 9.17) is 18.9 Å². The Kier molecular flexibility index (Phi) is 10.7. The molecule has 0 saturated carbocycles. The van der Waals surface area contributed by atoms with E-state index in [1.807, 2.05) is 13.8 Å². The van der Waals surface area contributed by atoms with Crippen molar-refractivity contribution >= 4 is 18.1 Å². The van der Waals surface area contributed by atoms with E-state index in [0.717, 1.165) is 0 Å². The second-order valence-electron chi connectivity index (χ2n) is 9.40. The molecule has 38 heavy (non-hydrogen) atoms. The Morgan fingerprint density at radius 1 is 1.29 bits per heavy atom. The summed E-state index contributed by atoms with van der Waals surface area (Å²) >= 11 is 0. The average Bonchev–Trinajstić information content (AvgIpc) is 3.30. The van der Waals surface area contributed by atoms with E-state index in [-0.39, 0.29) is 43.9 Å². The van der Waals surface area contributed by atoms with Crippen LogP contribution in [0.25, 0.3) is 0 Å². The molecule has 210 valence electrons. The zero-order chi connectivity index (χ0) is 27.8. The Morgan fingerprint density at radius 2 is 2.05 bits per heavy atom. The van der Waals surface area contributed by atoms with Gasteiger partial charge in [0.1, 0.15) is 25.1 Å². The number of amides is 2. The minimum atomic E-state index is -1.21. The Morgan fingerprint density at radius 3 is 2.68 bits per heavy atom. The normalized spacial score (nSPS) is 21.7. The topological polar surface area (TPSA) is 144 Å². The fourth-order valence-electron chi connectivity index (χ4n) is 4.82. The second-order valence-corrected chi connectivity index (χ2v) is 9.40. The van der Waals surface area contributed by atoms with Crippen molar-refractivity contribution in [2.24, 2.45) is 0 Å². The van der Waals surface area contributed by atoms with Crippen molar-refractivity contribution in [3.63, 3.8) is 0 Å². The highest BCUT2D eigenvalue weighted by atomic mass is 16.5. The van der Waals surface area contributed by atoms with Crippen LogP contribution in [0.1, 0.15) is 49.0 Å². The minimum Gasteiger partial charge on any atom is -0.493 e. The molecule has 4 atom stereocenters. The zero-order valence-corrected chi connectivity index (χ0v) is 22.3. The average molecular weight is 535 g/mol. The fourth-order valence-corrected chi connectivity index (χ4v) is 4.82. The van der Waals surface area contributed by atoms with E-state index in [2.05, 4.69) is 5.32 Å². The lowest BCUT2D eigenvalue weighted by Crippen LogP contribution is -2.56. The van der Waals surface area contributed by atoms with Crippen LogP contribution >= 0.6 is 0 Å². The zero-order valence-electron chi connectivity index (χ0n) is 22.3. The summed E-state index contributed by atoms with van der Waals surface area (Å²) in [5, 5.41) is 23.5. The molecule has 1 aliphatic heterocycles. The number of hydrogen-bond donors (Lipinski definition) is 3. The molecule has 0 fully saturated rings. The molecule has 1 aromatic rings. The molecule has 11 heteroatoms. The summed E-state index contributed by atoms with van der Waals surface area (Å²) in [5.74, 6) is -0.921. The van der Waals surface area contributed by atoms with Gasteiger partial charge in [0.05, 0.1) is 31.8 Å². The Bertz CT molecular complexity index is 1030. The molecule has 0 radical (unpaired) electrons. The third kappa shape index (κ3) is 6.52. The molecule has 2 aliphatic rings. The molecule has 0 saturated heterocycles. The van der Waals surface area contributed by atoms with Gasteiger partial charge in [-0.15, -0.1) is 0 Å². The molecule has 3 N–H and O–H groups in total. The monoisotopic (exact) mass is 534 g/mol. The predicted octanol–water partition coefficient (Wildman–Crippen LogP) is 0.811. The number of aliphatic hydroxyl groups is 2. The summed E-state index contributed by atoms with van der Waals surface area (Å²) in [6, 6.07) is 2.23. The van der Waals surface area contributed by atoms with Crippen LogP contribution in [0.4, 0.5) is 0 Å². The molecule has 3 rings (SSSR count). The summed E-state index contributed by atoms with van der Waals surface area (Å²) in [6.45, 7) is 6.20. The first-order chi connectivity index (χ1) is 18.3. The molecule has 1 aromatic carbocycles. The van der Waals surface area contributed by atoms with Gasteiger partial charge < -0.3 is 39.4 Å². The van der Waals surface area contributed by atoms with E-state index in [1.165, 1.54) is 18.1 Å². The number of aldehydes is 1. The first-order valence-electron chi connectivity index (χ1n) is 12.9. The summed E-state index contributed by atoms with van der Waals surface area (Å²) in [6.07, 6.45) is 0.639. The second kappa shape index (κ2) is 13.7. The molecule has 0 spiro atoms. The van der Waals surface area contributed by atoms with Gasteiger partial charge in [-0.2, -0.15) is 0 Å². The maximum atomic E-state index is 13.3. The van der Waals surface area contributed by atoms with Crippen LogP contribution in [-0.2, 0) is 19.1 Å². The number of methoxy groups -OCH3 is 1. The lowest BCUT2D eigenvalue weighted by atomic mass is 9.77. The number of hydrogen-bond acceptors (Lipinski definition) is 9. The SMILES string of the molecule is CCOCC(=O)N(CCCOC(C)C)[C@@H]1C=C(C(=O)NCCO)[C@@H]2c3cc(C=O)cc(OC)c3O[C@@H]2[C@H]1O. The van der Waals surface area contributed by atoms with Crippen molar-refractivity contribution < 1.29 is 43.5 Å². The molecule has 0 aromatic heterocycles. The Balaban J connectivity index is 2.04. The van der Waals surface area contributed by atoms with Gasteiger partial charge in [0.25, 0.3) is 0 Å². The number of ether oxygens (including phenoxy) is 4. The van der Waals surface area contributed by atoms with Gasteiger partial charge >= 0.3 is 0 Å². The molecule has 11 nitrogen and oxygen atoms in total. The first-order valence-corrected chi connectivity index (χ1v) is 12.9. The van der Waals surface area contributed by atoms with E-state index in [9.17, 15) is 24.6 Å². The van der Waals surface area contributed by atoms with Crippen molar-refractivity contribution in [1.29, 1.82) is 0 Å². The van der Waals surface area contributed by atoms with Crippen LogP contribution in [0.5, 0.6) is 11.5 Å². The largest absolute Gasteiger partial charge is 0.493 e. The van der Waals surface area contributed by atoms with Crippen molar-refractivity contribution in [3.8, 4) is 11.5 Å². The van der Waals surface area contributed by atoms with E-state index in [1.54, 1.807) is 19.1 Å². The molecule has 0 bridgehead atoms. The highest BCUT2D eigenvalue weighted by Gasteiger charge is 2.51. The molecule has 0 unspecified atom stereocenters. The maximum absolute atomic E-state index is 13.3. The van der Waals surface area contributed by atoms with Gasteiger partial charge in [-0.25, -0.2) is 0 Å². The number of nitrogens with zero attached hydrogens (tertiary/aromatic N) is 1. The lowest BCUT2D eigenvalue weighted by molar-refractivity contribution is -0.142. The van der Waals surface area contributed by atoms with E-state index < -0.39 is 30.1 Å². The molecule has 1 heterocycles. The minimum absolute atomic E-state index is 0.0196. The quantitative estimate of drug-likeness (QED) is 0.233. The first kappa shape index (κ1) is 29.6.